The van der Waals surface area contributed by atoms with Crippen LogP contribution in [0.4, 0.5) is 0 Å². The number of phenols is 1. The standard InChI is InChI=1S/C10H7BrN2O3/c11-9-8(10(15)16)5-12-13(9)6-2-1-3-7(14)4-6/h1-5,14H,(H,15,16). The zero-order chi connectivity index (χ0) is 11.7. The largest absolute Gasteiger partial charge is 0.508 e. The molecular weight excluding hydrogens is 276 g/mol. The molecule has 0 aliphatic heterocycles. The molecule has 16 heavy (non-hydrogen) atoms. The minimum absolute atomic E-state index is 0.0725. The Hall–Kier alpha value is -1.82. The van der Waals surface area contributed by atoms with E-state index in [4.69, 9.17) is 5.11 Å². The Labute approximate surface area is 99.1 Å². The second-order valence-corrected chi connectivity index (χ2v) is 3.84. The van der Waals surface area contributed by atoms with Gasteiger partial charge in [-0.15, -0.1) is 0 Å². The van der Waals surface area contributed by atoms with E-state index in [9.17, 15) is 9.90 Å². The highest BCUT2D eigenvalue weighted by Gasteiger charge is 2.15. The van der Waals surface area contributed by atoms with Gasteiger partial charge in [-0.05, 0) is 28.1 Å². The third-order valence-corrected chi connectivity index (χ3v) is 2.78. The third-order valence-electron chi connectivity index (χ3n) is 2.02. The third kappa shape index (κ3) is 1.79. The van der Waals surface area contributed by atoms with Crippen LogP contribution in [0.1, 0.15) is 10.4 Å². The molecule has 1 aromatic heterocycles. The van der Waals surface area contributed by atoms with E-state index in [0.717, 1.165) is 0 Å². The summed E-state index contributed by atoms with van der Waals surface area (Å²) in [4.78, 5) is 10.8. The number of carboxylic acid groups (broad SMARTS) is 1. The maximum atomic E-state index is 10.8. The zero-order valence-electron chi connectivity index (χ0n) is 7.96. The number of hydrogen-bond acceptors (Lipinski definition) is 3. The maximum absolute atomic E-state index is 10.8. The summed E-state index contributed by atoms with van der Waals surface area (Å²) in [5, 5.41) is 22.1. The predicted octanol–water partition coefficient (Wildman–Crippen LogP) is 2.04. The fourth-order valence-corrected chi connectivity index (χ4v) is 1.85. The Balaban J connectivity index is 2.53. The summed E-state index contributed by atoms with van der Waals surface area (Å²) in [5.74, 6) is -0.963. The van der Waals surface area contributed by atoms with E-state index in [2.05, 4.69) is 21.0 Å². The van der Waals surface area contributed by atoms with Gasteiger partial charge in [-0.2, -0.15) is 5.10 Å². The van der Waals surface area contributed by atoms with Crippen LogP contribution < -0.4 is 0 Å². The molecule has 1 aromatic carbocycles. The van der Waals surface area contributed by atoms with Crippen LogP contribution in [0.15, 0.2) is 35.1 Å². The average Bonchev–Trinajstić information content (AvgIpc) is 2.60. The number of carbonyl (C=O) groups is 1. The zero-order valence-corrected chi connectivity index (χ0v) is 9.55. The number of nitrogens with zero attached hydrogens (tertiary/aromatic N) is 2. The van der Waals surface area contributed by atoms with Crippen LogP contribution >= 0.6 is 15.9 Å². The molecule has 2 N–H and O–H groups in total. The molecule has 0 saturated carbocycles. The maximum Gasteiger partial charge on any atom is 0.340 e. The molecular formula is C10H7BrN2O3. The van der Waals surface area contributed by atoms with E-state index in [1.165, 1.54) is 23.0 Å². The summed E-state index contributed by atoms with van der Waals surface area (Å²) in [6, 6.07) is 6.38. The monoisotopic (exact) mass is 282 g/mol. The highest BCUT2D eigenvalue weighted by atomic mass is 79.9. The van der Waals surface area contributed by atoms with E-state index >= 15 is 0 Å². The molecule has 0 aliphatic carbocycles. The van der Waals surface area contributed by atoms with Crippen molar-refractivity contribution >= 4 is 21.9 Å². The fourth-order valence-electron chi connectivity index (χ4n) is 1.28. The second kappa shape index (κ2) is 3.97. The minimum Gasteiger partial charge on any atom is -0.508 e. The van der Waals surface area contributed by atoms with Gasteiger partial charge in [0.15, 0.2) is 0 Å². The van der Waals surface area contributed by atoms with Crippen molar-refractivity contribution in [3.05, 3.63) is 40.6 Å². The first-order chi connectivity index (χ1) is 7.59. The van der Waals surface area contributed by atoms with Crippen LogP contribution in [0.25, 0.3) is 5.69 Å². The second-order valence-electron chi connectivity index (χ2n) is 3.09. The highest BCUT2D eigenvalue weighted by molar-refractivity contribution is 9.10. The van der Waals surface area contributed by atoms with Gasteiger partial charge in [-0.3, -0.25) is 0 Å². The highest BCUT2D eigenvalue weighted by Crippen LogP contribution is 2.22. The predicted molar refractivity (Wildman–Crippen MR) is 59.9 cm³/mol. The van der Waals surface area contributed by atoms with Crippen molar-refractivity contribution in [1.82, 2.24) is 9.78 Å². The van der Waals surface area contributed by atoms with Gasteiger partial charge in [-0.1, -0.05) is 6.07 Å². The summed E-state index contributed by atoms with van der Waals surface area (Å²) in [5.41, 5.74) is 0.655. The molecule has 0 aliphatic rings. The number of phenolic OH excluding ortho intramolecular Hbond substituents is 1. The number of aromatic hydroxyl groups is 1. The minimum atomic E-state index is -1.06. The molecule has 0 bridgehead atoms. The summed E-state index contributed by atoms with van der Waals surface area (Å²) in [7, 11) is 0. The number of carboxylic acids is 1. The van der Waals surface area contributed by atoms with Gasteiger partial charge >= 0.3 is 5.97 Å². The molecule has 2 aromatic rings. The van der Waals surface area contributed by atoms with Crippen molar-refractivity contribution in [2.75, 3.05) is 0 Å². The first-order valence-electron chi connectivity index (χ1n) is 4.36. The summed E-state index contributed by atoms with van der Waals surface area (Å²) in [6.07, 6.45) is 1.25. The fraction of sp³-hybridized carbons (Fsp3) is 0. The quantitative estimate of drug-likeness (QED) is 0.884. The number of benzene rings is 1. The van der Waals surface area contributed by atoms with Crippen LogP contribution in [-0.2, 0) is 0 Å². The van der Waals surface area contributed by atoms with Crippen LogP contribution in [0.2, 0.25) is 0 Å². The molecule has 2 rings (SSSR count). The van der Waals surface area contributed by atoms with E-state index < -0.39 is 5.97 Å². The van der Waals surface area contributed by atoms with Gasteiger partial charge in [0.1, 0.15) is 15.9 Å². The molecule has 0 unspecified atom stereocenters. The molecule has 1 heterocycles. The number of aromatic carboxylic acids is 1. The number of rotatable bonds is 2. The first-order valence-corrected chi connectivity index (χ1v) is 5.15. The Morgan fingerprint density at radius 2 is 2.19 bits per heavy atom. The van der Waals surface area contributed by atoms with Crippen molar-refractivity contribution in [2.24, 2.45) is 0 Å². The van der Waals surface area contributed by atoms with E-state index in [1.54, 1.807) is 12.1 Å². The number of hydrogen-bond donors (Lipinski definition) is 2. The molecule has 0 atom stereocenters. The van der Waals surface area contributed by atoms with Gasteiger partial charge in [-0.25, -0.2) is 9.48 Å². The van der Waals surface area contributed by atoms with Gasteiger partial charge in [0, 0.05) is 6.07 Å². The Morgan fingerprint density at radius 1 is 1.44 bits per heavy atom. The number of aromatic nitrogens is 2. The number of halogens is 1. The molecule has 82 valence electrons. The normalized spacial score (nSPS) is 10.3. The van der Waals surface area contributed by atoms with Crippen molar-refractivity contribution in [3.63, 3.8) is 0 Å². The molecule has 0 saturated heterocycles. The average molecular weight is 283 g/mol. The molecule has 6 heteroatoms. The summed E-state index contributed by atoms with van der Waals surface area (Å²) >= 11 is 3.15. The first kappa shape index (κ1) is 10.7. The Kier molecular flexibility index (Phi) is 2.66. The topological polar surface area (TPSA) is 75.3 Å². The van der Waals surface area contributed by atoms with Crippen molar-refractivity contribution in [1.29, 1.82) is 0 Å². The van der Waals surface area contributed by atoms with Crippen LogP contribution in [0.5, 0.6) is 5.75 Å². The SMILES string of the molecule is O=C(O)c1cnn(-c2cccc(O)c2)c1Br. The van der Waals surface area contributed by atoms with E-state index in [0.29, 0.717) is 10.3 Å². The molecule has 0 amide bonds. The Morgan fingerprint density at radius 3 is 2.75 bits per heavy atom. The lowest BCUT2D eigenvalue weighted by molar-refractivity contribution is 0.0696. The summed E-state index contributed by atoms with van der Waals surface area (Å²) in [6.45, 7) is 0. The molecule has 0 spiro atoms. The van der Waals surface area contributed by atoms with Crippen LogP contribution in [0.3, 0.4) is 0 Å². The lowest BCUT2D eigenvalue weighted by Crippen LogP contribution is -1.99. The van der Waals surface area contributed by atoms with E-state index in [-0.39, 0.29) is 11.3 Å². The smallest absolute Gasteiger partial charge is 0.340 e. The summed E-state index contributed by atoms with van der Waals surface area (Å²) < 4.78 is 1.73. The van der Waals surface area contributed by atoms with Gasteiger partial charge in [0.2, 0.25) is 0 Å². The van der Waals surface area contributed by atoms with Crippen molar-refractivity contribution in [2.45, 2.75) is 0 Å². The van der Waals surface area contributed by atoms with Gasteiger partial charge in [0.25, 0.3) is 0 Å². The van der Waals surface area contributed by atoms with Crippen LogP contribution in [-0.4, -0.2) is 26.0 Å². The lowest BCUT2D eigenvalue weighted by atomic mass is 10.3. The van der Waals surface area contributed by atoms with Crippen LogP contribution in [0, 0.1) is 0 Å². The van der Waals surface area contributed by atoms with Crippen molar-refractivity contribution < 1.29 is 15.0 Å². The lowest BCUT2D eigenvalue weighted by Gasteiger charge is -2.03. The van der Waals surface area contributed by atoms with Gasteiger partial charge < -0.3 is 10.2 Å². The molecule has 0 radical (unpaired) electrons. The van der Waals surface area contributed by atoms with E-state index in [1.807, 2.05) is 0 Å². The molecule has 5 nitrogen and oxygen atoms in total. The molecule has 0 fully saturated rings. The Bertz CT molecular complexity index is 551. The van der Waals surface area contributed by atoms with Crippen molar-refractivity contribution in [3.8, 4) is 11.4 Å². The van der Waals surface area contributed by atoms with Gasteiger partial charge in [0.05, 0.1) is 11.9 Å².